The summed E-state index contributed by atoms with van der Waals surface area (Å²) in [5.74, 6) is -1.37. The molecule has 4 unspecified atom stereocenters. The predicted molar refractivity (Wildman–Crippen MR) is 133 cm³/mol. The van der Waals surface area contributed by atoms with Gasteiger partial charge >= 0.3 is 12.1 Å². The lowest BCUT2D eigenvalue weighted by molar-refractivity contribution is -0.143. The molecular weight excluding hydrogens is 444 g/mol. The largest absolute Gasteiger partial charge is 0.480 e. The molecule has 2 aliphatic carbocycles. The third-order valence-corrected chi connectivity index (χ3v) is 7.42. The van der Waals surface area contributed by atoms with Crippen LogP contribution in [0.5, 0.6) is 0 Å². The molecule has 0 radical (unpaired) electrons. The first-order valence-electron chi connectivity index (χ1n) is 12.5. The number of alkyl carbamates (subject to hydrolysis) is 1. The van der Waals surface area contributed by atoms with E-state index in [0.717, 1.165) is 17.5 Å². The van der Waals surface area contributed by atoms with Gasteiger partial charge in [-0.3, -0.25) is 4.79 Å². The van der Waals surface area contributed by atoms with Crippen LogP contribution in [0.1, 0.15) is 63.0 Å². The molecular formula is C28H34N2O5. The molecule has 2 aromatic carbocycles. The van der Waals surface area contributed by atoms with Crippen LogP contribution in [0.4, 0.5) is 4.79 Å². The lowest BCUT2D eigenvalue weighted by Crippen LogP contribution is -2.44. The number of rotatable bonds is 9. The summed E-state index contributed by atoms with van der Waals surface area (Å²) in [7, 11) is 0. The highest BCUT2D eigenvalue weighted by molar-refractivity contribution is 5.85. The fourth-order valence-electron chi connectivity index (χ4n) is 5.24. The van der Waals surface area contributed by atoms with E-state index in [1.807, 2.05) is 38.1 Å². The number of ether oxygens (including phenoxy) is 1. The van der Waals surface area contributed by atoms with Crippen LogP contribution in [0.15, 0.2) is 48.5 Å². The van der Waals surface area contributed by atoms with E-state index in [4.69, 9.17) is 4.74 Å². The van der Waals surface area contributed by atoms with Crippen molar-refractivity contribution in [3.63, 3.8) is 0 Å². The van der Waals surface area contributed by atoms with Crippen molar-refractivity contribution in [1.29, 1.82) is 0 Å². The number of benzene rings is 2. The van der Waals surface area contributed by atoms with E-state index in [2.05, 4.69) is 34.9 Å². The summed E-state index contributed by atoms with van der Waals surface area (Å²) in [6.07, 6.45) is 2.52. The Morgan fingerprint density at radius 1 is 1.03 bits per heavy atom. The minimum absolute atomic E-state index is 0.00582. The van der Waals surface area contributed by atoms with Gasteiger partial charge in [-0.05, 0) is 53.9 Å². The molecule has 0 saturated heterocycles. The Kier molecular flexibility index (Phi) is 7.73. The van der Waals surface area contributed by atoms with Crippen LogP contribution >= 0.6 is 0 Å². The molecule has 0 bridgehead atoms. The zero-order valence-corrected chi connectivity index (χ0v) is 20.3. The second-order valence-electron chi connectivity index (χ2n) is 9.83. The fourth-order valence-corrected chi connectivity index (χ4v) is 5.24. The molecule has 2 aliphatic rings. The first kappa shape index (κ1) is 24.8. The van der Waals surface area contributed by atoms with Crippen LogP contribution in [0.25, 0.3) is 11.1 Å². The van der Waals surface area contributed by atoms with Crippen LogP contribution < -0.4 is 10.6 Å². The van der Waals surface area contributed by atoms with Crippen molar-refractivity contribution in [2.75, 3.05) is 6.61 Å². The Hall–Kier alpha value is -3.35. The normalized spacial score (nSPS) is 20.4. The monoisotopic (exact) mass is 478 g/mol. The highest BCUT2D eigenvalue weighted by atomic mass is 16.5. The molecule has 35 heavy (non-hydrogen) atoms. The first-order valence-corrected chi connectivity index (χ1v) is 12.5. The van der Waals surface area contributed by atoms with Crippen LogP contribution in [-0.4, -0.2) is 41.8 Å². The minimum atomic E-state index is -1.01. The smallest absolute Gasteiger partial charge is 0.407 e. The second-order valence-corrected chi connectivity index (χ2v) is 9.83. The van der Waals surface area contributed by atoms with Crippen LogP contribution in [0.3, 0.4) is 0 Å². The number of hydrogen-bond donors (Lipinski definition) is 3. The van der Waals surface area contributed by atoms with Gasteiger partial charge in [0.15, 0.2) is 0 Å². The molecule has 0 heterocycles. The maximum atomic E-state index is 12.7. The van der Waals surface area contributed by atoms with Crippen molar-refractivity contribution in [1.82, 2.24) is 10.6 Å². The molecule has 4 rings (SSSR count). The maximum absolute atomic E-state index is 12.7. The van der Waals surface area contributed by atoms with Crippen molar-refractivity contribution in [3.8, 4) is 11.1 Å². The minimum Gasteiger partial charge on any atom is -0.480 e. The number of hydrogen-bond acceptors (Lipinski definition) is 4. The Balaban J connectivity index is 1.28. The average Bonchev–Trinajstić information content (AvgIpc) is 3.45. The third-order valence-electron chi connectivity index (χ3n) is 7.42. The number of carbonyl (C=O) groups excluding carboxylic acids is 2. The van der Waals surface area contributed by atoms with Crippen molar-refractivity contribution in [2.24, 2.45) is 11.8 Å². The maximum Gasteiger partial charge on any atom is 0.407 e. The predicted octanol–water partition coefficient (Wildman–Crippen LogP) is 4.70. The van der Waals surface area contributed by atoms with Crippen molar-refractivity contribution < 1.29 is 24.2 Å². The number of amides is 2. The van der Waals surface area contributed by atoms with Crippen molar-refractivity contribution in [2.45, 2.75) is 64.0 Å². The summed E-state index contributed by atoms with van der Waals surface area (Å²) in [6, 6.07) is 15.3. The van der Waals surface area contributed by atoms with E-state index >= 15 is 0 Å². The van der Waals surface area contributed by atoms with Crippen LogP contribution in [-0.2, 0) is 14.3 Å². The summed E-state index contributed by atoms with van der Waals surface area (Å²) in [6.45, 7) is 4.22. The zero-order chi connectivity index (χ0) is 24.9. The van der Waals surface area contributed by atoms with E-state index in [1.165, 1.54) is 11.1 Å². The lowest BCUT2D eigenvalue weighted by atomic mass is 9.98. The molecule has 7 heteroatoms. The van der Waals surface area contributed by atoms with Gasteiger partial charge in [-0.15, -0.1) is 0 Å². The molecule has 4 atom stereocenters. The highest BCUT2D eigenvalue weighted by Gasteiger charge is 2.34. The van der Waals surface area contributed by atoms with Gasteiger partial charge in [0.05, 0.1) is 0 Å². The molecule has 0 aromatic heterocycles. The average molecular weight is 479 g/mol. The Morgan fingerprint density at radius 3 is 2.26 bits per heavy atom. The van der Waals surface area contributed by atoms with Gasteiger partial charge in [0.25, 0.3) is 0 Å². The standard InChI is InChI=1S/C28H34N2O5/c1-3-17(2)14-25(27(32)33)30-26(31)18-12-13-19(15-18)29-28(34)35-16-24-22-10-6-4-8-20(22)21-9-5-7-11-23(21)24/h4-11,17-19,24-25H,3,12-16H2,1-2H3,(H,29,34)(H,30,31)(H,32,33). The highest BCUT2D eigenvalue weighted by Crippen LogP contribution is 2.44. The third kappa shape index (κ3) is 5.66. The van der Waals surface area contributed by atoms with E-state index in [0.29, 0.717) is 25.7 Å². The van der Waals surface area contributed by atoms with Crippen molar-refractivity contribution >= 4 is 18.0 Å². The number of nitrogens with one attached hydrogen (secondary N) is 2. The van der Waals surface area contributed by atoms with E-state index in [-0.39, 0.29) is 36.3 Å². The second kappa shape index (κ2) is 10.9. The summed E-state index contributed by atoms with van der Waals surface area (Å²) in [4.78, 5) is 36.8. The van der Waals surface area contributed by atoms with E-state index < -0.39 is 18.1 Å². The van der Waals surface area contributed by atoms with Gasteiger partial charge in [0, 0.05) is 17.9 Å². The van der Waals surface area contributed by atoms with Crippen LogP contribution in [0, 0.1) is 11.8 Å². The molecule has 3 N–H and O–H groups in total. The quantitative estimate of drug-likeness (QED) is 0.485. The number of aliphatic carboxylic acids is 1. The molecule has 186 valence electrons. The summed E-state index contributed by atoms with van der Waals surface area (Å²) >= 11 is 0. The van der Waals surface area contributed by atoms with E-state index in [9.17, 15) is 19.5 Å². The summed E-state index contributed by atoms with van der Waals surface area (Å²) < 4.78 is 5.62. The van der Waals surface area contributed by atoms with Gasteiger partial charge < -0.3 is 20.5 Å². The fraction of sp³-hybridized carbons (Fsp3) is 0.464. The molecule has 0 aliphatic heterocycles. The molecule has 7 nitrogen and oxygen atoms in total. The van der Waals surface area contributed by atoms with Gasteiger partial charge in [0.2, 0.25) is 5.91 Å². The van der Waals surface area contributed by atoms with Gasteiger partial charge in [0.1, 0.15) is 12.6 Å². The van der Waals surface area contributed by atoms with Crippen LogP contribution in [0.2, 0.25) is 0 Å². The number of carbonyl (C=O) groups is 3. The zero-order valence-electron chi connectivity index (χ0n) is 20.3. The summed E-state index contributed by atoms with van der Waals surface area (Å²) in [5, 5.41) is 15.1. The number of carboxylic acid groups (broad SMARTS) is 1. The molecule has 1 fully saturated rings. The SMILES string of the molecule is CCC(C)CC(NC(=O)C1CCC(NC(=O)OCC2c3ccccc3-c3ccccc32)C1)C(=O)O. The number of fused-ring (bicyclic) bond motifs is 3. The van der Waals surface area contributed by atoms with Gasteiger partial charge in [-0.25, -0.2) is 9.59 Å². The van der Waals surface area contributed by atoms with Gasteiger partial charge in [-0.2, -0.15) is 0 Å². The molecule has 2 aromatic rings. The molecule has 2 amide bonds. The van der Waals surface area contributed by atoms with E-state index in [1.54, 1.807) is 0 Å². The number of carboxylic acids is 1. The Morgan fingerprint density at radius 2 is 1.66 bits per heavy atom. The molecule has 0 spiro atoms. The lowest BCUT2D eigenvalue weighted by Gasteiger charge is -2.20. The van der Waals surface area contributed by atoms with Gasteiger partial charge in [-0.1, -0.05) is 68.8 Å². The Bertz CT molecular complexity index is 1040. The first-order chi connectivity index (χ1) is 16.9. The topological polar surface area (TPSA) is 105 Å². The van der Waals surface area contributed by atoms with Crippen molar-refractivity contribution in [3.05, 3.63) is 59.7 Å². The summed E-state index contributed by atoms with van der Waals surface area (Å²) in [5.41, 5.74) is 4.67. The Labute approximate surface area is 206 Å². The molecule has 1 saturated carbocycles.